The van der Waals surface area contributed by atoms with Crippen molar-refractivity contribution in [3.8, 4) is 0 Å². The molecule has 4 aromatic rings. The summed E-state index contributed by atoms with van der Waals surface area (Å²) in [6.45, 7) is 1.05. The van der Waals surface area contributed by atoms with Gasteiger partial charge in [-0.25, -0.2) is 13.4 Å². The van der Waals surface area contributed by atoms with E-state index in [4.69, 9.17) is 11.6 Å². The highest BCUT2D eigenvalue weighted by molar-refractivity contribution is 7.92. The number of fused-ring (bicyclic) bond motifs is 1. The summed E-state index contributed by atoms with van der Waals surface area (Å²) >= 11 is 7.69. The van der Waals surface area contributed by atoms with Crippen molar-refractivity contribution in [2.75, 3.05) is 43.4 Å². The SMILES string of the molecule is CN(C)CCN(C(=O)c1ccc(S(=O)(=O)N(C)c2ccccc2)cc1)c1nc2c(Cl)cccc2s1. The van der Waals surface area contributed by atoms with Crippen LogP contribution in [0.25, 0.3) is 10.2 Å². The molecule has 0 saturated heterocycles. The molecule has 0 bridgehead atoms. The number of para-hydroxylation sites is 2. The van der Waals surface area contributed by atoms with Crippen LogP contribution in [0.3, 0.4) is 0 Å². The van der Waals surface area contributed by atoms with Gasteiger partial charge in [-0.2, -0.15) is 0 Å². The molecule has 0 aliphatic carbocycles. The third-order valence-corrected chi connectivity index (χ3v) is 8.63. The molecule has 0 saturated carbocycles. The number of nitrogens with zero attached hydrogens (tertiary/aromatic N) is 4. The average molecular weight is 529 g/mol. The molecule has 3 aromatic carbocycles. The number of carbonyl (C=O) groups excluding carboxylic acids is 1. The van der Waals surface area contributed by atoms with Crippen molar-refractivity contribution in [3.05, 3.63) is 83.4 Å². The summed E-state index contributed by atoms with van der Waals surface area (Å²) in [6, 6.07) is 20.4. The van der Waals surface area contributed by atoms with Gasteiger partial charge in [-0.1, -0.05) is 47.2 Å². The zero-order valence-corrected chi connectivity index (χ0v) is 21.9. The minimum Gasteiger partial charge on any atom is -0.308 e. The Balaban J connectivity index is 1.64. The molecule has 1 heterocycles. The molecule has 0 aliphatic rings. The van der Waals surface area contributed by atoms with E-state index in [0.717, 1.165) is 4.70 Å². The molecule has 0 unspecified atom stereocenters. The number of halogens is 1. The Morgan fingerprint density at radius 3 is 2.23 bits per heavy atom. The van der Waals surface area contributed by atoms with E-state index in [1.54, 1.807) is 35.2 Å². The second-order valence-corrected chi connectivity index (χ2v) is 11.6. The summed E-state index contributed by atoms with van der Waals surface area (Å²) in [6.07, 6.45) is 0. The lowest BCUT2D eigenvalue weighted by molar-refractivity contribution is 0.0985. The third-order valence-electron chi connectivity index (χ3n) is 5.48. The van der Waals surface area contributed by atoms with Crippen LogP contribution in [-0.4, -0.2) is 58.4 Å². The number of carbonyl (C=O) groups is 1. The number of benzene rings is 3. The number of likely N-dealkylation sites (N-methyl/N-ethyl adjacent to an activating group) is 1. The van der Waals surface area contributed by atoms with E-state index in [-0.39, 0.29) is 10.8 Å². The lowest BCUT2D eigenvalue weighted by Gasteiger charge is -2.22. The van der Waals surface area contributed by atoms with E-state index in [1.807, 2.05) is 37.2 Å². The molecule has 0 radical (unpaired) electrons. The van der Waals surface area contributed by atoms with Gasteiger partial charge in [0.15, 0.2) is 5.13 Å². The summed E-state index contributed by atoms with van der Waals surface area (Å²) in [5.41, 5.74) is 1.58. The summed E-state index contributed by atoms with van der Waals surface area (Å²) < 4.78 is 28.3. The second kappa shape index (κ2) is 10.3. The highest BCUT2D eigenvalue weighted by atomic mass is 35.5. The first kappa shape index (κ1) is 25.1. The number of rotatable bonds is 8. The van der Waals surface area contributed by atoms with Gasteiger partial charge in [0, 0.05) is 25.7 Å². The van der Waals surface area contributed by atoms with Crippen LogP contribution in [0, 0.1) is 0 Å². The molecule has 1 aromatic heterocycles. The summed E-state index contributed by atoms with van der Waals surface area (Å²) in [7, 11) is 1.59. The number of amides is 1. The topological polar surface area (TPSA) is 73.8 Å². The molecule has 35 heavy (non-hydrogen) atoms. The van der Waals surface area contributed by atoms with Crippen LogP contribution in [0.5, 0.6) is 0 Å². The fourth-order valence-electron chi connectivity index (χ4n) is 3.46. The van der Waals surface area contributed by atoms with Crippen molar-refractivity contribution in [2.45, 2.75) is 4.90 Å². The van der Waals surface area contributed by atoms with E-state index in [1.165, 1.54) is 47.0 Å². The number of aromatic nitrogens is 1. The first-order valence-electron chi connectivity index (χ1n) is 10.8. The quantitative estimate of drug-likeness (QED) is 0.322. The largest absolute Gasteiger partial charge is 0.308 e. The van der Waals surface area contributed by atoms with Gasteiger partial charge in [-0.05, 0) is 62.6 Å². The number of sulfonamides is 1. The van der Waals surface area contributed by atoms with Crippen molar-refractivity contribution < 1.29 is 13.2 Å². The molecule has 0 spiro atoms. The van der Waals surface area contributed by atoms with Crippen molar-refractivity contribution in [3.63, 3.8) is 0 Å². The predicted octanol–water partition coefficient (Wildman–Crippen LogP) is 4.98. The summed E-state index contributed by atoms with van der Waals surface area (Å²) in [5.74, 6) is -0.262. The monoisotopic (exact) mass is 528 g/mol. The Morgan fingerprint density at radius 1 is 0.914 bits per heavy atom. The first-order valence-corrected chi connectivity index (χ1v) is 13.5. The Hall–Kier alpha value is -2.98. The summed E-state index contributed by atoms with van der Waals surface area (Å²) in [4.78, 5) is 21.8. The van der Waals surface area contributed by atoms with Gasteiger partial charge in [-0.3, -0.25) is 14.0 Å². The Labute approximate surface area is 214 Å². The molecule has 10 heteroatoms. The van der Waals surface area contributed by atoms with Crippen LogP contribution >= 0.6 is 22.9 Å². The smallest absolute Gasteiger partial charge is 0.264 e. The zero-order chi connectivity index (χ0) is 25.2. The molecule has 0 aliphatic heterocycles. The van der Waals surface area contributed by atoms with Gasteiger partial charge < -0.3 is 4.90 Å². The van der Waals surface area contributed by atoms with Crippen LogP contribution in [0.1, 0.15) is 10.4 Å². The second-order valence-electron chi connectivity index (χ2n) is 8.18. The highest BCUT2D eigenvalue weighted by Crippen LogP contribution is 2.33. The number of thiazole rings is 1. The fraction of sp³-hybridized carbons (Fsp3) is 0.200. The number of anilines is 2. The minimum absolute atomic E-state index is 0.104. The van der Waals surface area contributed by atoms with Gasteiger partial charge in [0.05, 0.1) is 20.3 Å². The van der Waals surface area contributed by atoms with Gasteiger partial charge in [-0.15, -0.1) is 0 Å². The van der Waals surface area contributed by atoms with Gasteiger partial charge in [0.25, 0.3) is 15.9 Å². The lowest BCUT2D eigenvalue weighted by Crippen LogP contribution is -2.36. The highest BCUT2D eigenvalue weighted by Gasteiger charge is 2.25. The normalized spacial score (nSPS) is 11.7. The van der Waals surface area contributed by atoms with Crippen molar-refractivity contribution in [1.29, 1.82) is 0 Å². The van der Waals surface area contributed by atoms with Crippen LogP contribution in [0.15, 0.2) is 77.7 Å². The van der Waals surface area contributed by atoms with Crippen LogP contribution in [0.4, 0.5) is 10.8 Å². The maximum atomic E-state index is 13.5. The van der Waals surface area contributed by atoms with Crippen molar-refractivity contribution in [1.82, 2.24) is 9.88 Å². The molecule has 182 valence electrons. The van der Waals surface area contributed by atoms with Gasteiger partial charge in [0.2, 0.25) is 0 Å². The number of hydrogen-bond acceptors (Lipinski definition) is 6. The van der Waals surface area contributed by atoms with Crippen molar-refractivity contribution >= 4 is 59.9 Å². The van der Waals surface area contributed by atoms with Gasteiger partial charge in [0.1, 0.15) is 5.52 Å². The van der Waals surface area contributed by atoms with Crippen LogP contribution in [-0.2, 0) is 10.0 Å². The van der Waals surface area contributed by atoms with Crippen molar-refractivity contribution in [2.24, 2.45) is 0 Å². The zero-order valence-electron chi connectivity index (χ0n) is 19.6. The molecule has 0 N–H and O–H groups in total. The Morgan fingerprint density at radius 2 is 1.60 bits per heavy atom. The predicted molar refractivity (Wildman–Crippen MR) is 143 cm³/mol. The molecule has 4 rings (SSSR count). The maximum Gasteiger partial charge on any atom is 0.264 e. The number of hydrogen-bond donors (Lipinski definition) is 0. The standard InChI is InChI=1S/C25H25ClN4O3S2/c1-28(2)16-17-30(25-27-23-21(26)10-7-11-22(23)34-25)24(31)18-12-14-20(15-13-18)35(32,33)29(3)19-8-5-4-6-9-19/h4-15H,16-17H2,1-3H3. The van der Waals surface area contributed by atoms with E-state index in [9.17, 15) is 13.2 Å². The average Bonchev–Trinajstić information content (AvgIpc) is 3.29. The fourth-order valence-corrected chi connectivity index (χ4v) is 5.95. The molecular formula is C25H25ClN4O3S2. The molecule has 1 amide bonds. The maximum absolute atomic E-state index is 13.5. The molecular weight excluding hydrogens is 504 g/mol. The minimum atomic E-state index is -3.77. The van der Waals surface area contributed by atoms with Crippen LogP contribution in [0.2, 0.25) is 5.02 Å². The van der Waals surface area contributed by atoms with E-state index in [0.29, 0.717) is 40.0 Å². The van der Waals surface area contributed by atoms with Gasteiger partial charge >= 0.3 is 0 Å². The molecule has 0 fully saturated rings. The lowest BCUT2D eigenvalue weighted by atomic mass is 10.2. The molecule has 0 atom stereocenters. The molecule has 7 nitrogen and oxygen atoms in total. The van der Waals surface area contributed by atoms with E-state index in [2.05, 4.69) is 4.98 Å². The Kier molecular flexibility index (Phi) is 7.42. The Bertz CT molecular complexity index is 1440. The third kappa shape index (κ3) is 5.33. The van der Waals surface area contributed by atoms with E-state index >= 15 is 0 Å². The van der Waals surface area contributed by atoms with Crippen LogP contribution < -0.4 is 9.21 Å². The first-order chi connectivity index (χ1) is 16.7. The van der Waals surface area contributed by atoms with E-state index < -0.39 is 10.0 Å². The summed E-state index contributed by atoms with van der Waals surface area (Å²) in [5, 5.41) is 1.07.